The van der Waals surface area contributed by atoms with Gasteiger partial charge < -0.3 is 4.74 Å². The molecule has 0 aromatic carbocycles. The molecule has 0 radical (unpaired) electrons. The molecule has 2 fully saturated rings. The number of thioether (sulfide) groups is 1. The molecule has 3 amide bonds. The van der Waals surface area contributed by atoms with Crippen molar-refractivity contribution in [2.45, 2.75) is 75.1 Å². The fourth-order valence-corrected chi connectivity index (χ4v) is 4.85. The first-order chi connectivity index (χ1) is 13.7. The number of nitrogens with zero attached hydrogens (tertiary/aromatic N) is 4. The Labute approximate surface area is 174 Å². The van der Waals surface area contributed by atoms with E-state index in [0.29, 0.717) is 16.5 Å². The largest absolute Gasteiger partial charge is 0.443 e. The Bertz CT molecular complexity index is 878. The molecule has 1 saturated heterocycles. The minimum atomic E-state index is -1.42. The van der Waals surface area contributed by atoms with Crippen molar-refractivity contribution in [1.82, 2.24) is 14.9 Å². The quantitative estimate of drug-likeness (QED) is 0.414. The van der Waals surface area contributed by atoms with E-state index in [1.807, 2.05) is 6.26 Å². The number of amides is 3. The number of anilines is 1. The lowest BCUT2D eigenvalue weighted by molar-refractivity contribution is -0.137. The molecule has 1 unspecified atom stereocenters. The molecule has 0 N–H and O–H groups in total. The van der Waals surface area contributed by atoms with E-state index in [0.717, 1.165) is 30.6 Å². The summed E-state index contributed by atoms with van der Waals surface area (Å²) in [6, 6.07) is 0.0357. The van der Waals surface area contributed by atoms with Gasteiger partial charge in [0.05, 0.1) is 0 Å². The Balaban J connectivity index is 1.75. The monoisotopic (exact) mass is 418 g/mol. The van der Waals surface area contributed by atoms with Crippen molar-refractivity contribution in [2.24, 2.45) is 0 Å². The maximum Gasteiger partial charge on any atom is 0.417 e. The van der Waals surface area contributed by atoms with Crippen molar-refractivity contribution < 1.29 is 19.1 Å². The summed E-state index contributed by atoms with van der Waals surface area (Å²) in [4.78, 5) is 51.4. The molecule has 0 bridgehead atoms. The highest BCUT2D eigenvalue weighted by molar-refractivity contribution is 7.98. The van der Waals surface area contributed by atoms with Gasteiger partial charge in [-0.25, -0.2) is 19.7 Å². The van der Waals surface area contributed by atoms with Crippen LogP contribution in [0, 0.1) is 0 Å². The maximum absolute atomic E-state index is 13.7. The molecule has 29 heavy (non-hydrogen) atoms. The molecular weight excluding hydrogens is 392 g/mol. The van der Waals surface area contributed by atoms with Gasteiger partial charge in [0.1, 0.15) is 11.4 Å². The van der Waals surface area contributed by atoms with Crippen LogP contribution < -0.4 is 4.90 Å². The highest BCUT2D eigenvalue weighted by Gasteiger charge is 2.64. The number of carbonyl (C=O) groups excluding carboxylic acids is 3. The summed E-state index contributed by atoms with van der Waals surface area (Å²) in [5, 5.41) is 0.561. The van der Waals surface area contributed by atoms with E-state index in [1.54, 1.807) is 31.9 Å². The smallest absolute Gasteiger partial charge is 0.417 e. The highest BCUT2D eigenvalue weighted by Crippen LogP contribution is 2.49. The molecule has 156 valence electrons. The number of imide groups is 1. The van der Waals surface area contributed by atoms with Gasteiger partial charge in [0.2, 0.25) is 5.91 Å². The third-order valence-corrected chi connectivity index (χ3v) is 6.39. The minimum absolute atomic E-state index is 0.0357. The molecule has 8 nitrogen and oxygen atoms in total. The third kappa shape index (κ3) is 3.10. The summed E-state index contributed by atoms with van der Waals surface area (Å²) in [5.74, 6) is -0.275. The molecule has 1 aromatic rings. The van der Waals surface area contributed by atoms with Crippen molar-refractivity contribution in [3.63, 3.8) is 0 Å². The van der Waals surface area contributed by atoms with Gasteiger partial charge in [-0.1, -0.05) is 24.6 Å². The van der Waals surface area contributed by atoms with E-state index in [-0.39, 0.29) is 24.9 Å². The van der Waals surface area contributed by atoms with E-state index < -0.39 is 23.0 Å². The zero-order valence-electron chi connectivity index (χ0n) is 17.2. The lowest BCUT2D eigenvalue weighted by atomic mass is 9.81. The first kappa shape index (κ1) is 20.1. The van der Waals surface area contributed by atoms with Gasteiger partial charge in [-0.2, -0.15) is 0 Å². The number of likely N-dealkylation sites (tertiary alicyclic amines) is 1. The zero-order chi connectivity index (χ0) is 21.0. The fourth-order valence-electron chi connectivity index (χ4n) is 4.52. The summed E-state index contributed by atoms with van der Waals surface area (Å²) < 4.78 is 5.39. The predicted molar refractivity (Wildman–Crippen MR) is 108 cm³/mol. The minimum Gasteiger partial charge on any atom is -0.443 e. The van der Waals surface area contributed by atoms with Gasteiger partial charge >= 0.3 is 6.09 Å². The number of aromatic nitrogens is 2. The maximum atomic E-state index is 13.7. The van der Waals surface area contributed by atoms with Crippen molar-refractivity contribution in [3.8, 4) is 0 Å². The van der Waals surface area contributed by atoms with Crippen LogP contribution in [-0.2, 0) is 19.7 Å². The average molecular weight is 419 g/mol. The van der Waals surface area contributed by atoms with Crippen molar-refractivity contribution in [3.05, 3.63) is 11.8 Å². The van der Waals surface area contributed by atoms with Crippen LogP contribution in [0.15, 0.2) is 11.4 Å². The fraction of sp³-hybridized carbons (Fsp3) is 0.650. The summed E-state index contributed by atoms with van der Waals surface area (Å²) in [6.45, 7) is 5.38. The van der Waals surface area contributed by atoms with E-state index in [9.17, 15) is 14.4 Å². The predicted octanol–water partition coefficient (Wildman–Crippen LogP) is 2.89. The van der Waals surface area contributed by atoms with Crippen molar-refractivity contribution in [1.29, 1.82) is 0 Å². The molecule has 2 aliphatic heterocycles. The second-order valence-electron chi connectivity index (χ2n) is 8.80. The molecule has 1 aromatic heterocycles. The number of rotatable bonds is 2. The van der Waals surface area contributed by atoms with Crippen molar-refractivity contribution in [2.75, 3.05) is 17.7 Å². The Morgan fingerprint density at radius 2 is 1.93 bits per heavy atom. The van der Waals surface area contributed by atoms with E-state index in [2.05, 4.69) is 9.97 Å². The molecule has 3 aliphatic rings. The second-order valence-corrected chi connectivity index (χ2v) is 9.57. The van der Waals surface area contributed by atoms with Crippen molar-refractivity contribution >= 4 is 35.5 Å². The third-order valence-electron chi connectivity index (χ3n) is 5.83. The van der Waals surface area contributed by atoms with Gasteiger partial charge in [0.25, 0.3) is 5.91 Å². The summed E-state index contributed by atoms with van der Waals surface area (Å²) in [6.07, 6.45) is 6.87. The number of ether oxygens (including phenoxy) is 1. The van der Waals surface area contributed by atoms with E-state index in [4.69, 9.17) is 4.74 Å². The molecule has 1 atom stereocenters. The normalized spacial score (nSPS) is 24.7. The summed E-state index contributed by atoms with van der Waals surface area (Å²) in [5.41, 5.74) is -1.63. The van der Waals surface area contributed by atoms with E-state index in [1.165, 1.54) is 11.8 Å². The molecule has 9 heteroatoms. The van der Waals surface area contributed by atoms with Crippen LogP contribution in [0.25, 0.3) is 0 Å². The lowest BCUT2D eigenvalue weighted by Gasteiger charge is -2.27. The van der Waals surface area contributed by atoms with Crippen LogP contribution in [0.5, 0.6) is 0 Å². The van der Waals surface area contributed by atoms with Gasteiger partial charge in [-0.05, 0) is 46.3 Å². The molecule has 1 saturated carbocycles. The number of carbonyl (C=O) groups is 3. The SMILES string of the molecule is CSc1ncc2c(n1)N(C1CCCC1)C(=O)C21CCN(C(=O)OC(C)(C)C)C1=O. The summed E-state index contributed by atoms with van der Waals surface area (Å²) >= 11 is 1.39. The lowest BCUT2D eigenvalue weighted by Crippen LogP contribution is -2.50. The number of fused-ring (bicyclic) bond motifs is 2. The molecule has 1 spiro atoms. The van der Waals surface area contributed by atoms with Crippen LogP contribution >= 0.6 is 11.8 Å². The molecule has 1 aliphatic carbocycles. The first-order valence-electron chi connectivity index (χ1n) is 9.99. The first-order valence-corrected chi connectivity index (χ1v) is 11.2. The number of hydrogen-bond acceptors (Lipinski definition) is 7. The van der Waals surface area contributed by atoms with Crippen LogP contribution in [0.2, 0.25) is 0 Å². The Kier molecular flexibility index (Phi) is 4.83. The molecular formula is C20H26N4O4S. The zero-order valence-corrected chi connectivity index (χ0v) is 18.0. The topological polar surface area (TPSA) is 92.7 Å². The number of hydrogen-bond donors (Lipinski definition) is 0. The van der Waals surface area contributed by atoms with Crippen LogP contribution in [-0.4, -0.2) is 57.2 Å². The Hall–Kier alpha value is -2.16. The molecule has 4 rings (SSSR count). The van der Waals surface area contributed by atoms with Crippen LogP contribution in [0.3, 0.4) is 0 Å². The Morgan fingerprint density at radius 3 is 2.55 bits per heavy atom. The Morgan fingerprint density at radius 1 is 1.24 bits per heavy atom. The standard InChI is InChI=1S/C20H26N4O4S/c1-19(2,3)28-18(27)23-10-9-20(15(23)25)13-11-21-17(29-4)22-14(13)24(16(20)26)12-7-5-6-8-12/h11-12H,5-10H2,1-4H3. The van der Waals surface area contributed by atoms with Crippen LogP contribution in [0.1, 0.15) is 58.4 Å². The molecule has 3 heterocycles. The van der Waals surface area contributed by atoms with Gasteiger partial charge in [0, 0.05) is 24.3 Å². The highest BCUT2D eigenvalue weighted by atomic mass is 32.2. The second kappa shape index (κ2) is 6.97. The van der Waals surface area contributed by atoms with Crippen LogP contribution in [0.4, 0.5) is 10.6 Å². The van der Waals surface area contributed by atoms with Gasteiger partial charge in [0.15, 0.2) is 10.6 Å². The van der Waals surface area contributed by atoms with E-state index >= 15 is 0 Å². The van der Waals surface area contributed by atoms with Gasteiger partial charge in [-0.15, -0.1) is 0 Å². The summed E-state index contributed by atoms with van der Waals surface area (Å²) in [7, 11) is 0. The average Bonchev–Trinajstić information content (AvgIpc) is 3.34. The van der Waals surface area contributed by atoms with Gasteiger partial charge in [-0.3, -0.25) is 14.5 Å².